The van der Waals surface area contributed by atoms with Crippen molar-refractivity contribution in [3.05, 3.63) is 103 Å². The van der Waals surface area contributed by atoms with Gasteiger partial charge in [-0.2, -0.15) is 0 Å². The van der Waals surface area contributed by atoms with E-state index in [0.717, 1.165) is 107 Å². The molecule has 6 heteroatoms. The summed E-state index contributed by atoms with van der Waals surface area (Å²) in [4.78, 5) is 5.41. The van der Waals surface area contributed by atoms with E-state index < -0.39 is 0 Å². The van der Waals surface area contributed by atoms with E-state index in [2.05, 4.69) is 118 Å². The van der Waals surface area contributed by atoms with Crippen LogP contribution in [0, 0.1) is 0 Å². The van der Waals surface area contributed by atoms with Crippen molar-refractivity contribution in [2.75, 3.05) is 31.7 Å². The van der Waals surface area contributed by atoms with Gasteiger partial charge in [0.15, 0.2) is 0 Å². The number of benzene rings is 4. The van der Waals surface area contributed by atoms with Gasteiger partial charge >= 0.3 is 0 Å². The van der Waals surface area contributed by atoms with E-state index in [0.29, 0.717) is 26.4 Å². The van der Waals surface area contributed by atoms with Gasteiger partial charge < -0.3 is 24.3 Å². The standard InChI is InChI=1S/C53H70N2O4/c1-5-9-13-20-34-56-46-30-32-48(52(40-46)58-36-22-15-11-7-3)50-38-43(42-26-28-45(29-27-42)54-44-24-18-17-19-25-44)39-51(55-50)49-33-31-47(57-35-21-14-10-6-2)41-53(49)59-37-23-16-12-8-4/h17-19,24-33,38-41,54H,5-16,20-23,34-37H2,1-4H3. The Morgan fingerprint density at radius 3 is 1.25 bits per heavy atom. The van der Waals surface area contributed by atoms with Gasteiger partial charge in [-0.05, 0) is 97.5 Å². The molecule has 1 aromatic heterocycles. The van der Waals surface area contributed by atoms with E-state index in [1.54, 1.807) is 0 Å². The molecule has 5 aromatic rings. The van der Waals surface area contributed by atoms with Crippen molar-refractivity contribution >= 4 is 11.4 Å². The zero-order valence-corrected chi connectivity index (χ0v) is 36.5. The fourth-order valence-electron chi connectivity index (χ4n) is 7.11. The van der Waals surface area contributed by atoms with Crippen molar-refractivity contribution < 1.29 is 18.9 Å². The van der Waals surface area contributed by atoms with Crippen LogP contribution in [0.5, 0.6) is 23.0 Å². The predicted molar refractivity (Wildman–Crippen MR) is 249 cm³/mol. The second kappa shape index (κ2) is 26.2. The maximum Gasteiger partial charge on any atom is 0.132 e. The molecule has 316 valence electrons. The molecular weight excluding hydrogens is 729 g/mol. The van der Waals surface area contributed by atoms with E-state index in [9.17, 15) is 0 Å². The normalized spacial score (nSPS) is 11.1. The number of rotatable bonds is 29. The first-order valence-electron chi connectivity index (χ1n) is 22.9. The van der Waals surface area contributed by atoms with Crippen LogP contribution in [0.15, 0.2) is 103 Å². The largest absolute Gasteiger partial charge is 0.493 e. The molecule has 0 aliphatic rings. The average Bonchev–Trinajstić information content (AvgIpc) is 3.26. The molecule has 1 heterocycles. The molecule has 0 radical (unpaired) electrons. The van der Waals surface area contributed by atoms with Gasteiger partial charge in [-0.15, -0.1) is 0 Å². The van der Waals surface area contributed by atoms with Crippen LogP contribution < -0.4 is 24.3 Å². The molecule has 0 bridgehead atoms. The molecule has 0 spiro atoms. The molecule has 4 aromatic carbocycles. The SMILES string of the molecule is CCCCCCOc1ccc(-c2cc(-c3ccc(Nc4ccccc4)cc3)cc(-c3ccc(OCCCCCC)cc3OCCCCCC)n2)c(OCCCCCC)c1. The number of hydrogen-bond donors (Lipinski definition) is 1. The minimum atomic E-state index is 0.644. The van der Waals surface area contributed by atoms with Crippen LogP contribution in [0.1, 0.15) is 130 Å². The summed E-state index contributed by atoms with van der Waals surface area (Å²) >= 11 is 0. The number of pyridine rings is 1. The van der Waals surface area contributed by atoms with Crippen LogP contribution in [0.4, 0.5) is 11.4 Å². The van der Waals surface area contributed by atoms with Gasteiger partial charge in [-0.1, -0.05) is 135 Å². The molecule has 0 fully saturated rings. The number of hydrogen-bond acceptors (Lipinski definition) is 6. The number of aromatic nitrogens is 1. The predicted octanol–water partition coefficient (Wildman–Crippen LogP) is 15.7. The minimum Gasteiger partial charge on any atom is -0.493 e. The lowest BCUT2D eigenvalue weighted by Gasteiger charge is -2.18. The zero-order valence-electron chi connectivity index (χ0n) is 36.5. The fourth-order valence-corrected chi connectivity index (χ4v) is 7.11. The van der Waals surface area contributed by atoms with Crippen molar-refractivity contribution in [3.63, 3.8) is 0 Å². The zero-order chi connectivity index (χ0) is 41.3. The Balaban J connectivity index is 1.55. The molecule has 0 atom stereocenters. The molecule has 0 unspecified atom stereocenters. The third-order valence-electron chi connectivity index (χ3n) is 10.6. The first kappa shape index (κ1) is 45.1. The molecule has 59 heavy (non-hydrogen) atoms. The number of nitrogens with zero attached hydrogens (tertiary/aromatic N) is 1. The summed E-state index contributed by atoms with van der Waals surface area (Å²) in [5.41, 5.74) is 7.81. The van der Waals surface area contributed by atoms with Crippen LogP contribution >= 0.6 is 0 Å². The van der Waals surface area contributed by atoms with Crippen molar-refractivity contribution in [1.82, 2.24) is 4.98 Å². The molecule has 5 rings (SSSR count). The lowest BCUT2D eigenvalue weighted by atomic mass is 9.99. The van der Waals surface area contributed by atoms with E-state index in [4.69, 9.17) is 23.9 Å². The summed E-state index contributed by atoms with van der Waals surface area (Å²) in [6, 6.07) is 35.8. The molecule has 0 saturated carbocycles. The third kappa shape index (κ3) is 15.3. The maximum absolute atomic E-state index is 6.60. The quantitative estimate of drug-likeness (QED) is 0.0486. The van der Waals surface area contributed by atoms with Gasteiger partial charge in [0.1, 0.15) is 23.0 Å². The molecule has 0 amide bonds. The van der Waals surface area contributed by atoms with Crippen LogP contribution in [0.3, 0.4) is 0 Å². The van der Waals surface area contributed by atoms with Crippen LogP contribution in [0.2, 0.25) is 0 Å². The van der Waals surface area contributed by atoms with Gasteiger partial charge in [0.2, 0.25) is 0 Å². The van der Waals surface area contributed by atoms with Gasteiger partial charge in [0.25, 0.3) is 0 Å². The highest BCUT2D eigenvalue weighted by Gasteiger charge is 2.18. The fraction of sp³-hybridized carbons (Fsp3) is 0.453. The highest BCUT2D eigenvalue weighted by Crippen LogP contribution is 2.40. The van der Waals surface area contributed by atoms with E-state index >= 15 is 0 Å². The summed E-state index contributed by atoms with van der Waals surface area (Å²) in [6.07, 6.45) is 18.4. The Morgan fingerprint density at radius 2 is 0.814 bits per heavy atom. The maximum atomic E-state index is 6.60. The second-order valence-electron chi connectivity index (χ2n) is 15.6. The number of para-hydroxylation sites is 1. The van der Waals surface area contributed by atoms with Crippen LogP contribution in [0.25, 0.3) is 33.6 Å². The van der Waals surface area contributed by atoms with E-state index in [1.165, 1.54) is 64.2 Å². The molecular formula is C53H70N2O4. The number of anilines is 2. The molecule has 6 nitrogen and oxygen atoms in total. The average molecular weight is 799 g/mol. The van der Waals surface area contributed by atoms with Crippen molar-refractivity contribution in [2.45, 2.75) is 130 Å². The minimum absolute atomic E-state index is 0.644. The van der Waals surface area contributed by atoms with Crippen molar-refractivity contribution in [1.29, 1.82) is 0 Å². The Labute approximate surface area is 356 Å². The topological polar surface area (TPSA) is 61.8 Å². The van der Waals surface area contributed by atoms with Gasteiger partial charge in [-0.3, -0.25) is 0 Å². The summed E-state index contributed by atoms with van der Waals surface area (Å²) < 4.78 is 25.7. The third-order valence-corrected chi connectivity index (χ3v) is 10.6. The number of ether oxygens (including phenoxy) is 4. The van der Waals surface area contributed by atoms with Crippen LogP contribution in [-0.4, -0.2) is 31.4 Å². The Hall–Kier alpha value is -4.97. The summed E-state index contributed by atoms with van der Waals surface area (Å²) in [5.74, 6) is 3.25. The highest BCUT2D eigenvalue weighted by atomic mass is 16.5. The van der Waals surface area contributed by atoms with Crippen molar-refractivity contribution in [2.24, 2.45) is 0 Å². The van der Waals surface area contributed by atoms with Gasteiger partial charge in [0, 0.05) is 34.6 Å². The lowest BCUT2D eigenvalue weighted by molar-refractivity contribution is 0.291. The Morgan fingerprint density at radius 1 is 0.390 bits per heavy atom. The van der Waals surface area contributed by atoms with E-state index in [1.807, 2.05) is 18.2 Å². The molecule has 0 aliphatic heterocycles. The lowest BCUT2D eigenvalue weighted by Crippen LogP contribution is -2.03. The number of unbranched alkanes of at least 4 members (excludes halogenated alkanes) is 12. The first-order valence-corrected chi connectivity index (χ1v) is 22.9. The van der Waals surface area contributed by atoms with E-state index in [-0.39, 0.29) is 0 Å². The summed E-state index contributed by atoms with van der Waals surface area (Å²) in [6.45, 7) is 11.6. The van der Waals surface area contributed by atoms with Gasteiger partial charge in [0.05, 0.1) is 37.8 Å². The summed E-state index contributed by atoms with van der Waals surface area (Å²) in [5, 5.41) is 3.53. The molecule has 1 N–H and O–H groups in total. The second-order valence-corrected chi connectivity index (χ2v) is 15.6. The Kier molecular flexibility index (Phi) is 20.0. The Bertz CT molecular complexity index is 1820. The first-order chi connectivity index (χ1) is 29.1. The van der Waals surface area contributed by atoms with Gasteiger partial charge in [-0.25, -0.2) is 4.98 Å². The monoisotopic (exact) mass is 799 g/mol. The molecule has 0 saturated heterocycles. The highest BCUT2D eigenvalue weighted by molar-refractivity contribution is 5.81. The molecule has 0 aliphatic carbocycles. The smallest absolute Gasteiger partial charge is 0.132 e. The van der Waals surface area contributed by atoms with Crippen LogP contribution in [-0.2, 0) is 0 Å². The summed E-state index contributed by atoms with van der Waals surface area (Å²) in [7, 11) is 0. The number of nitrogens with one attached hydrogen (secondary N) is 1. The van der Waals surface area contributed by atoms with Crippen molar-refractivity contribution in [3.8, 4) is 56.6 Å².